The van der Waals surface area contributed by atoms with Crippen LogP contribution in [0.5, 0.6) is 0 Å². The molecule has 3 amide bonds. The van der Waals surface area contributed by atoms with Crippen LogP contribution in [0, 0.1) is 5.92 Å². The van der Waals surface area contributed by atoms with E-state index in [-0.39, 0.29) is 36.0 Å². The normalized spacial score (nSPS) is 17.4. The number of fused-ring (bicyclic) bond motifs is 1. The first kappa shape index (κ1) is 24.0. The molecule has 3 N–H and O–H groups in total. The predicted octanol–water partition coefficient (Wildman–Crippen LogP) is 1.88. The van der Waals surface area contributed by atoms with Crippen LogP contribution in [0.4, 0.5) is 10.5 Å². The molecule has 0 unspecified atom stereocenters. The Balaban J connectivity index is 1.29. The Morgan fingerprint density at radius 2 is 1.86 bits per heavy atom. The van der Waals surface area contributed by atoms with E-state index in [4.69, 9.17) is 0 Å². The van der Waals surface area contributed by atoms with Gasteiger partial charge in [0.1, 0.15) is 11.7 Å². The average Bonchev–Trinajstić information content (AvgIpc) is 3.60. The van der Waals surface area contributed by atoms with E-state index in [2.05, 4.69) is 20.7 Å². The van der Waals surface area contributed by atoms with Crippen molar-refractivity contribution in [3.05, 3.63) is 47.1 Å². The summed E-state index contributed by atoms with van der Waals surface area (Å²) < 4.78 is 2.99. The molecule has 11 nitrogen and oxygen atoms in total. The van der Waals surface area contributed by atoms with E-state index in [1.165, 1.54) is 17.1 Å². The van der Waals surface area contributed by atoms with Crippen LogP contribution in [0.2, 0.25) is 0 Å². The average molecular weight is 494 g/mol. The van der Waals surface area contributed by atoms with Gasteiger partial charge >= 0.3 is 6.03 Å². The first-order chi connectivity index (χ1) is 17.2. The Morgan fingerprint density at radius 1 is 1.17 bits per heavy atom. The van der Waals surface area contributed by atoms with Gasteiger partial charge in [-0.05, 0) is 63.8 Å². The van der Waals surface area contributed by atoms with Crippen LogP contribution in [0.25, 0.3) is 16.7 Å². The van der Waals surface area contributed by atoms with Gasteiger partial charge in [0.25, 0.3) is 5.56 Å². The van der Waals surface area contributed by atoms with Gasteiger partial charge in [-0.25, -0.2) is 14.5 Å². The zero-order valence-corrected chi connectivity index (χ0v) is 20.5. The summed E-state index contributed by atoms with van der Waals surface area (Å²) in [5.41, 5.74) is 0.379. The number of rotatable bonds is 6. The molecule has 2 aliphatic rings. The quantitative estimate of drug-likeness (QED) is 0.480. The summed E-state index contributed by atoms with van der Waals surface area (Å²) in [4.78, 5) is 43.7. The molecule has 11 heteroatoms. The molecular formula is C25H31N7O4. The number of urea groups is 1. The number of carbonyl (C=O) groups is 2. The van der Waals surface area contributed by atoms with Crippen molar-refractivity contribution in [3.63, 3.8) is 0 Å². The summed E-state index contributed by atoms with van der Waals surface area (Å²) in [6, 6.07) is 6.81. The fourth-order valence-electron chi connectivity index (χ4n) is 4.57. The van der Waals surface area contributed by atoms with E-state index in [1.54, 1.807) is 28.9 Å². The smallest absolute Gasteiger partial charge is 0.319 e. The summed E-state index contributed by atoms with van der Waals surface area (Å²) in [7, 11) is 0. The first-order valence-electron chi connectivity index (χ1n) is 12.3. The monoisotopic (exact) mass is 493 g/mol. The molecule has 2 aromatic heterocycles. The van der Waals surface area contributed by atoms with Gasteiger partial charge in [-0.2, -0.15) is 5.10 Å². The summed E-state index contributed by atoms with van der Waals surface area (Å²) in [5.74, 6) is 0.353. The maximum atomic E-state index is 13.2. The summed E-state index contributed by atoms with van der Waals surface area (Å²) in [6.45, 7) is 4.88. The highest BCUT2D eigenvalue weighted by atomic mass is 16.3. The number of hydrogen-bond acceptors (Lipinski definition) is 6. The molecule has 2 fully saturated rings. The third-order valence-electron chi connectivity index (χ3n) is 6.74. The first-order valence-corrected chi connectivity index (χ1v) is 12.3. The highest BCUT2D eigenvalue weighted by molar-refractivity contribution is 5.89. The van der Waals surface area contributed by atoms with E-state index in [0.717, 1.165) is 12.8 Å². The van der Waals surface area contributed by atoms with Gasteiger partial charge in [0, 0.05) is 30.7 Å². The Bertz CT molecular complexity index is 1330. The van der Waals surface area contributed by atoms with Crippen molar-refractivity contribution in [3.8, 4) is 5.69 Å². The minimum absolute atomic E-state index is 0.0277. The van der Waals surface area contributed by atoms with Gasteiger partial charge in [-0.3, -0.25) is 14.2 Å². The van der Waals surface area contributed by atoms with Gasteiger partial charge in [-0.1, -0.05) is 0 Å². The van der Waals surface area contributed by atoms with Crippen molar-refractivity contribution < 1.29 is 14.7 Å². The lowest BCUT2D eigenvalue weighted by Gasteiger charge is -2.38. The highest BCUT2D eigenvalue weighted by Crippen LogP contribution is 2.33. The number of likely N-dealkylation sites (tertiary alicyclic amines) is 1. The number of carbonyl (C=O) groups excluding carboxylic acids is 2. The van der Waals surface area contributed by atoms with Crippen LogP contribution in [0.3, 0.4) is 0 Å². The second-order valence-corrected chi connectivity index (χ2v) is 10.1. The van der Waals surface area contributed by atoms with Crippen molar-refractivity contribution in [2.75, 3.05) is 18.4 Å². The summed E-state index contributed by atoms with van der Waals surface area (Å²) >= 11 is 0. The molecular weight excluding hydrogens is 462 g/mol. The molecule has 190 valence electrons. The third-order valence-corrected chi connectivity index (χ3v) is 6.74. The van der Waals surface area contributed by atoms with Crippen molar-refractivity contribution in [2.24, 2.45) is 5.92 Å². The van der Waals surface area contributed by atoms with Crippen molar-refractivity contribution in [2.45, 2.75) is 57.7 Å². The highest BCUT2D eigenvalue weighted by Gasteiger charge is 2.39. The fraction of sp³-hybridized carbons (Fsp3) is 0.480. The number of aromatic nitrogens is 4. The molecule has 1 aromatic carbocycles. The Hall–Kier alpha value is -3.73. The molecule has 0 atom stereocenters. The molecule has 0 spiro atoms. The van der Waals surface area contributed by atoms with Crippen LogP contribution < -0.4 is 16.2 Å². The lowest BCUT2D eigenvalue weighted by molar-refractivity contribution is -0.137. The molecule has 0 radical (unpaired) electrons. The molecule has 36 heavy (non-hydrogen) atoms. The van der Waals surface area contributed by atoms with E-state index in [0.29, 0.717) is 48.3 Å². The number of hydrogen-bond donors (Lipinski definition) is 3. The van der Waals surface area contributed by atoms with Crippen molar-refractivity contribution in [1.82, 2.24) is 29.5 Å². The summed E-state index contributed by atoms with van der Waals surface area (Å²) in [6.07, 6.45) is 5.68. The number of nitrogens with zero attached hydrogens (tertiary/aromatic N) is 5. The minimum Gasteiger partial charge on any atom is -0.388 e. The fourth-order valence-corrected chi connectivity index (χ4v) is 4.57. The second-order valence-electron chi connectivity index (χ2n) is 10.1. The second kappa shape index (κ2) is 9.38. The molecule has 1 aliphatic carbocycles. The minimum atomic E-state index is -1.07. The van der Waals surface area contributed by atoms with Crippen molar-refractivity contribution >= 4 is 28.7 Å². The lowest BCUT2D eigenvalue weighted by Crippen LogP contribution is -2.50. The van der Waals surface area contributed by atoms with E-state index >= 15 is 0 Å². The van der Waals surface area contributed by atoms with Gasteiger partial charge in [0.15, 0.2) is 5.65 Å². The molecule has 1 saturated carbocycles. The Labute approximate surface area is 208 Å². The Morgan fingerprint density at radius 3 is 2.50 bits per heavy atom. The Kier molecular flexibility index (Phi) is 6.25. The zero-order valence-electron chi connectivity index (χ0n) is 20.5. The van der Waals surface area contributed by atoms with E-state index in [9.17, 15) is 19.5 Å². The number of benzene rings is 1. The van der Waals surface area contributed by atoms with Crippen molar-refractivity contribution in [1.29, 1.82) is 0 Å². The maximum absolute atomic E-state index is 13.2. The number of piperidine rings is 1. The van der Waals surface area contributed by atoms with Crippen LogP contribution in [-0.4, -0.2) is 66.0 Å². The van der Waals surface area contributed by atoms with Gasteiger partial charge in [0.05, 0.1) is 24.0 Å². The van der Waals surface area contributed by atoms with Crippen LogP contribution in [0.1, 0.15) is 39.5 Å². The molecule has 3 aromatic rings. The molecule has 1 saturated heterocycles. The number of nitrogens with one attached hydrogen (secondary N) is 2. The van der Waals surface area contributed by atoms with Gasteiger partial charge < -0.3 is 20.6 Å². The van der Waals surface area contributed by atoms with Gasteiger partial charge in [-0.15, -0.1) is 0 Å². The summed E-state index contributed by atoms with van der Waals surface area (Å²) in [5, 5.41) is 21.3. The number of amides is 3. The van der Waals surface area contributed by atoms with Gasteiger partial charge in [0.2, 0.25) is 5.91 Å². The van der Waals surface area contributed by atoms with Crippen LogP contribution >= 0.6 is 0 Å². The zero-order chi connectivity index (χ0) is 25.4. The third kappa shape index (κ3) is 4.97. The standard InChI is InChI=1S/C25H31N7O4/c1-16(2)28-24(35)29-18-5-7-19(8-6-18)32-21-20(13-27-32)23(34)31(15-26-21)14-25(36)9-11-30(12-10-25)22(33)17-3-4-17/h5-8,13,15-17,36H,3-4,9-12,14H2,1-2H3,(H2,28,29,35). The number of aliphatic hydroxyl groups is 1. The number of anilines is 1. The molecule has 3 heterocycles. The van der Waals surface area contributed by atoms with Crippen LogP contribution in [0.15, 0.2) is 41.6 Å². The SMILES string of the molecule is CC(C)NC(=O)Nc1ccc(-n2ncc3c(=O)n(CC4(O)CCN(C(=O)C5CC5)CC4)cnc32)cc1. The van der Waals surface area contributed by atoms with E-state index in [1.807, 2.05) is 18.7 Å². The topological polar surface area (TPSA) is 134 Å². The molecule has 1 aliphatic heterocycles. The van der Waals surface area contributed by atoms with Crippen LogP contribution in [-0.2, 0) is 11.3 Å². The maximum Gasteiger partial charge on any atom is 0.319 e. The largest absolute Gasteiger partial charge is 0.388 e. The molecule has 0 bridgehead atoms. The predicted molar refractivity (Wildman–Crippen MR) is 134 cm³/mol. The lowest BCUT2D eigenvalue weighted by atomic mass is 9.91. The molecule has 5 rings (SSSR count). The van der Waals surface area contributed by atoms with E-state index < -0.39 is 5.60 Å².